The van der Waals surface area contributed by atoms with Crippen molar-refractivity contribution in [1.82, 2.24) is 9.80 Å². The van der Waals surface area contributed by atoms with E-state index in [-0.39, 0.29) is 11.8 Å². The van der Waals surface area contributed by atoms with Gasteiger partial charge >= 0.3 is 0 Å². The quantitative estimate of drug-likeness (QED) is 0.717. The largest absolute Gasteiger partial charge is 0.465 e. The Balaban J connectivity index is 1.48. The van der Waals surface area contributed by atoms with Crippen LogP contribution in [-0.2, 0) is 11.2 Å². The molecule has 5 nitrogen and oxygen atoms in total. The van der Waals surface area contributed by atoms with E-state index < -0.39 is 0 Å². The van der Waals surface area contributed by atoms with Gasteiger partial charge in [0.2, 0.25) is 5.91 Å². The minimum atomic E-state index is -0.0348. The Bertz CT molecular complexity index is 808. The molecule has 2 amide bonds. The molecule has 0 radical (unpaired) electrons. The summed E-state index contributed by atoms with van der Waals surface area (Å²) >= 11 is 3.45. The Morgan fingerprint density at radius 3 is 2.22 bits per heavy atom. The van der Waals surface area contributed by atoms with Crippen LogP contribution in [0.1, 0.15) is 40.3 Å². The number of carbonyl (C=O) groups excluding carboxylic acids is 2. The second kappa shape index (κ2) is 8.74. The third kappa shape index (κ3) is 4.61. The van der Waals surface area contributed by atoms with Gasteiger partial charge in [-0.2, -0.15) is 0 Å². The molecule has 0 atom stereocenters. The normalized spacial score (nSPS) is 14.5. The van der Waals surface area contributed by atoms with E-state index in [9.17, 15) is 9.59 Å². The monoisotopic (exact) mass is 432 g/mol. The lowest BCUT2D eigenvalue weighted by molar-refractivity contribution is -0.132. The van der Waals surface area contributed by atoms with Crippen molar-refractivity contribution in [2.45, 2.75) is 33.1 Å². The summed E-state index contributed by atoms with van der Waals surface area (Å²) in [6.45, 7) is 5.92. The van der Waals surface area contributed by atoms with Gasteiger partial charge in [-0.05, 0) is 48.2 Å². The first-order chi connectivity index (χ1) is 13.0. The molecule has 1 aromatic heterocycles. The number of rotatable bonds is 5. The minimum absolute atomic E-state index is 0.0348. The summed E-state index contributed by atoms with van der Waals surface area (Å²) in [5, 5.41) is 0. The van der Waals surface area contributed by atoms with E-state index in [1.807, 2.05) is 30.0 Å². The number of halogens is 1. The van der Waals surface area contributed by atoms with Crippen molar-refractivity contribution < 1.29 is 14.0 Å². The molecule has 1 aliphatic heterocycles. The maximum absolute atomic E-state index is 12.8. The number of amides is 2. The Morgan fingerprint density at radius 2 is 1.63 bits per heavy atom. The van der Waals surface area contributed by atoms with Crippen molar-refractivity contribution in [1.29, 1.82) is 0 Å². The lowest BCUT2D eigenvalue weighted by Gasteiger charge is -2.35. The standard InChI is InChI=1S/C21H25BrN2O3/c1-15-19(20(22)16(2)27-15)21(26)24-13-11-23(12-14-24)18(25)10-6-9-17-7-4-3-5-8-17/h3-5,7-8H,6,9-14H2,1-2H3. The van der Waals surface area contributed by atoms with Gasteiger partial charge in [0.1, 0.15) is 11.5 Å². The SMILES string of the molecule is Cc1oc(C)c(C(=O)N2CCN(C(=O)CCCc3ccccc3)CC2)c1Br. The number of nitrogens with zero attached hydrogens (tertiary/aromatic N) is 2. The molecule has 0 saturated carbocycles. The molecule has 1 aromatic carbocycles. The van der Waals surface area contributed by atoms with Gasteiger partial charge in [0.25, 0.3) is 5.91 Å². The van der Waals surface area contributed by atoms with Crippen LogP contribution in [0.5, 0.6) is 0 Å². The van der Waals surface area contributed by atoms with Crippen molar-refractivity contribution in [2.75, 3.05) is 26.2 Å². The highest BCUT2D eigenvalue weighted by molar-refractivity contribution is 9.10. The first-order valence-corrected chi connectivity index (χ1v) is 10.1. The van der Waals surface area contributed by atoms with Gasteiger partial charge in [-0.3, -0.25) is 9.59 Å². The first kappa shape index (κ1) is 19.7. The molecule has 6 heteroatoms. The second-order valence-corrected chi connectivity index (χ2v) is 7.71. The van der Waals surface area contributed by atoms with Gasteiger partial charge in [-0.15, -0.1) is 0 Å². The van der Waals surface area contributed by atoms with Crippen LogP contribution in [0.15, 0.2) is 39.2 Å². The van der Waals surface area contributed by atoms with Crippen molar-refractivity contribution in [3.05, 3.63) is 57.5 Å². The van der Waals surface area contributed by atoms with Gasteiger partial charge < -0.3 is 14.2 Å². The van der Waals surface area contributed by atoms with Crippen molar-refractivity contribution in [3.63, 3.8) is 0 Å². The third-order valence-corrected chi connectivity index (χ3v) is 5.97. The Hall–Kier alpha value is -2.08. The molecule has 2 aromatic rings. The van der Waals surface area contributed by atoms with Gasteiger partial charge in [0.05, 0.1) is 10.0 Å². The van der Waals surface area contributed by atoms with Gasteiger partial charge in [-0.25, -0.2) is 0 Å². The summed E-state index contributed by atoms with van der Waals surface area (Å²) in [6, 6.07) is 10.2. The van der Waals surface area contributed by atoms with Crippen LogP contribution in [0.25, 0.3) is 0 Å². The Morgan fingerprint density at radius 1 is 1.00 bits per heavy atom. The highest BCUT2D eigenvalue weighted by atomic mass is 79.9. The summed E-state index contributed by atoms with van der Waals surface area (Å²) in [6.07, 6.45) is 2.31. The van der Waals surface area contributed by atoms with Crippen LogP contribution in [0.2, 0.25) is 0 Å². The molecular weight excluding hydrogens is 408 g/mol. The lowest BCUT2D eigenvalue weighted by Crippen LogP contribution is -2.50. The van der Waals surface area contributed by atoms with E-state index >= 15 is 0 Å². The van der Waals surface area contributed by atoms with Crippen LogP contribution in [0.4, 0.5) is 0 Å². The van der Waals surface area contributed by atoms with E-state index in [4.69, 9.17) is 4.42 Å². The predicted octanol–water partition coefficient (Wildman–Crippen LogP) is 3.97. The number of benzene rings is 1. The summed E-state index contributed by atoms with van der Waals surface area (Å²) in [4.78, 5) is 28.9. The first-order valence-electron chi connectivity index (χ1n) is 9.34. The summed E-state index contributed by atoms with van der Waals surface area (Å²) in [5.74, 6) is 1.48. The Labute approximate surface area is 168 Å². The number of hydrogen-bond donors (Lipinski definition) is 0. The zero-order chi connectivity index (χ0) is 19.4. The molecule has 0 unspecified atom stereocenters. The smallest absolute Gasteiger partial charge is 0.258 e. The fraction of sp³-hybridized carbons (Fsp3) is 0.429. The summed E-state index contributed by atoms with van der Waals surface area (Å²) < 4.78 is 6.26. The summed E-state index contributed by atoms with van der Waals surface area (Å²) in [5.41, 5.74) is 1.85. The highest BCUT2D eigenvalue weighted by Crippen LogP contribution is 2.28. The maximum Gasteiger partial charge on any atom is 0.258 e. The van der Waals surface area contributed by atoms with Crippen molar-refractivity contribution in [3.8, 4) is 0 Å². The molecule has 3 rings (SSSR count). The highest BCUT2D eigenvalue weighted by Gasteiger charge is 2.28. The number of furan rings is 1. The molecular formula is C21H25BrN2O3. The zero-order valence-corrected chi connectivity index (χ0v) is 17.4. The van der Waals surface area contributed by atoms with Crippen LogP contribution in [0, 0.1) is 13.8 Å². The van der Waals surface area contributed by atoms with Crippen molar-refractivity contribution in [2.24, 2.45) is 0 Å². The molecule has 0 aliphatic carbocycles. The third-order valence-electron chi connectivity index (χ3n) is 5.02. The molecule has 1 fully saturated rings. The molecule has 0 bridgehead atoms. The molecule has 27 heavy (non-hydrogen) atoms. The second-order valence-electron chi connectivity index (χ2n) is 6.92. The number of carbonyl (C=O) groups is 2. The molecule has 2 heterocycles. The fourth-order valence-corrected chi connectivity index (χ4v) is 3.99. The average Bonchev–Trinajstić information content (AvgIpc) is 2.94. The predicted molar refractivity (Wildman–Crippen MR) is 108 cm³/mol. The van der Waals surface area contributed by atoms with Crippen LogP contribution < -0.4 is 0 Å². The van der Waals surface area contributed by atoms with E-state index in [1.54, 1.807) is 11.8 Å². The molecule has 144 valence electrons. The summed E-state index contributed by atoms with van der Waals surface area (Å²) in [7, 11) is 0. The zero-order valence-electron chi connectivity index (χ0n) is 15.8. The molecule has 1 saturated heterocycles. The molecule has 0 spiro atoms. The topological polar surface area (TPSA) is 53.8 Å². The lowest BCUT2D eigenvalue weighted by atomic mass is 10.1. The Kier molecular flexibility index (Phi) is 6.37. The number of hydrogen-bond acceptors (Lipinski definition) is 3. The minimum Gasteiger partial charge on any atom is -0.465 e. The maximum atomic E-state index is 12.8. The fourth-order valence-electron chi connectivity index (χ4n) is 3.46. The van der Waals surface area contributed by atoms with Gasteiger partial charge in [0, 0.05) is 32.6 Å². The van der Waals surface area contributed by atoms with E-state index in [1.165, 1.54) is 5.56 Å². The molecule has 0 N–H and O–H groups in total. The van der Waals surface area contributed by atoms with E-state index in [2.05, 4.69) is 28.1 Å². The van der Waals surface area contributed by atoms with Gasteiger partial charge in [-0.1, -0.05) is 30.3 Å². The van der Waals surface area contributed by atoms with E-state index in [0.29, 0.717) is 49.7 Å². The van der Waals surface area contributed by atoms with Crippen LogP contribution in [-0.4, -0.2) is 47.8 Å². The molecule has 1 aliphatic rings. The van der Waals surface area contributed by atoms with Gasteiger partial charge in [0.15, 0.2) is 0 Å². The number of aryl methyl sites for hydroxylation is 3. The number of piperazine rings is 1. The van der Waals surface area contributed by atoms with Crippen molar-refractivity contribution >= 4 is 27.7 Å². The van der Waals surface area contributed by atoms with Crippen LogP contribution in [0.3, 0.4) is 0 Å². The van der Waals surface area contributed by atoms with Crippen LogP contribution >= 0.6 is 15.9 Å². The van der Waals surface area contributed by atoms with E-state index in [0.717, 1.165) is 17.3 Å². The average molecular weight is 433 g/mol.